The minimum absolute atomic E-state index is 0.506. The molecule has 1 saturated carbocycles. The summed E-state index contributed by atoms with van der Waals surface area (Å²) in [6, 6.07) is 8.39. The molecule has 0 amide bonds. The largest absolute Gasteiger partial charge is 0.366 e. The van der Waals surface area contributed by atoms with Crippen molar-refractivity contribution in [2.45, 2.75) is 31.7 Å². The Bertz CT molecular complexity index is 583. The van der Waals surface area contributed by atoms with Gasteiger partial charge in [0.15, 0.2) is 5.82 Å². The fraction of sp³-hybridized carbons (Fsp3) is 0.357. The quantitative estimate of drug-likeness (QED) is 0.892. The lowest BCUT2D eigenvalue weighted by atomic mass is 10.2. The number of hydrogen-bond donors (Lipinski definition) is 2. The fourth-order valence-corrected chi connectivity index (χ4v) is 2.80. The van der Waals surface area contributed by atoms with Gasteiger partial charge >= 0.3 is 0 Å². The SMILES string of the molecule is Brc1cccc(Nc2nncc(NC3CCCC3)n2)c1. The van der Waals surface area contributed by atoms with Crippen LogP contribution in [0.25, 0.3) is 0 Å². The molecule has 1 heterocycles. The second-order valence-electron chi connectivity index (χ2n) is 4.93. The summed E-state index contributed by atoms with van der Waals surface area (Å²) < 4.78 is 1.01. The third-order valence-electron chi connectivity index (χ3n) is 3.35. The van der Waals surface area contributed by atoms with E-state index >= 15 is 0 Å². The first kappa shape index (κ1) is 13.3. The van der Waals surface area contributed by atoms with Crippen LogP contribution in [0.2, 0.25) is 0 Å². The van der Waals surface area contributed by atoms with Crippen LogP contribution in [-0.4, -0.2) is 21.2 Å². The topological polar surface area (TPSA) is 62.7 Å². The number of halogens is 1. The van der Waals surface area contributed by atoms with Gasteiger partial charge < -0.3 is 10.6 Å². The molecule has 0 atom stereocenters. The molecule has 20 heavy (non-hydrogen) atoms. The number of nitrogens with one attached hydrogen (secondary N) is 2. The molecule has 1 fully saturated rings. The molecule has 3 rings (SSSR count). The van der Waals surface area contributed by atoms with Gasteiger partial charge in [0.05, 0.1) is 6.20 Å². The third-order valence-corrected chi connectivity index (χ3v) is 3.84. The Hall–Kier alpha value is -1.69. The number of benzene rings is 1. The van der Waals surface area contributed by atoms with Gasteiger partial charge in [-0.15, -0.1) is 5.10 Å². The highest BCUT2D eigenvalue weighted by atomic mass is 79.9. The molecular formula is C14H16BrN5. The Morgan fingerprint density at radius 2 is 2.05 bits per heavy atom. The maximum absolute atomic E-state index is 4.45. The normalized spacial score (nSPS) is 15.2. The summed E-state index contributed by atoms with van der Waals surface area (Å²) in [4.78, 5) is 4.45. The lowest BCUT2D eigenvalue weighted by Gasteiger charge is -2.12. The van der Waals surface area contributed by atoms with E-state index in [-0.39, 0.29) is 0 Å². The van der Waals surface area contributed by atoms with Crippen molar-refractivity contribution in [2.75, 3.05) is 10.6 Å². The molecule has 1 aliphatic carbocycles. The average molecular weight is 334 g/mol. The summed E-state index contributed by atoms with van der Waals surface area (Å²) >= 11 is 3.44. The van der Waals surface area contributed by atoms with Crippen LogP contribution in [0.15, 0.2) is 34.9 Å². The summed E-state index contributed by atoms with van der Waals surface area (Å²) in [6.07, 6.45) is 6.67. The van der Waals surface area contributed by atoms with Crippen molar-refractivity contribution < 1.29 is 0 Å². The van der Waals surface area contributed by atoms with Crippen LogP contribution in [0.3, 0.4) is 0 Å². The first-order valence-electron chi connectivity index (χ1n) is 6.78. The summed E-state index contributed by atoms with van der Waals surface area (Å²) in [5.74, 6) is 1.29. The molecule has 0 aliphatic heterocycles. The molecule has 0 unspecified atom stereocenters. The maximum Gasteiger partial charge on any atom is 0.249 e. The van der Waals surface area contributed by atoms with Gasteiger partial charge in [0.1, 0.15) is 0 Å². The zero-order valence-electron chi connectivity index (χ0n) is 11.0. The highest BCUT2D eigenvalue weighted by molar-refractivity contribution is 9.10. The zero-order valence-corrected chi connectivity index (χ0v) is 12.6. The molecule has 0 spiro atoms. The van der Waals surface area contributed by atoms with E-state index in [1.807, 2.05) is 24.3 Å². The molecule has 2 aromatic rings. The Morgan fingerprint density at radius 1 is 1.20 bits per heavy atom. The van der Waals surface area contributed by atoms with E-state index in [1.54, 1.807) is 6.20 Å². The minimum Gasteiger partial charge on any atom is -0.366 e. The van der Waals surface area contributed by atoms with Crippen molar-refractivity contribution in [3.63, 3.8) is 0 Å². The second-order valence-corrected chi connectivity index (χ2v) is 5.84. The zero-order chi connectivity index (χ0) is 13.8. The monoisotopic (exact) mass is 333 g/mol. The molecular weight excluding hydrogens is 318 g/mol. The molecule has 1 aliphatic rings. The Balaban J connectivity index is 1.70. The van der Waals surface area contributed by atoms with Crippen molar-refractivity contribution in [1.29, 1.82) is 0 Å². The van der Waals surface area contributed by atoms with Gasteiger partial charge in [-0.25, -0.2) is 0 Å². The Morgan fingerprint density at radius 3 is 2.85 bits per heavy atom. The number of aromatic nitrogens is 3. The first-order chi connectivity index (χ1) is 9.79. The van der Waals surface area contributed by atoms with Gasteiger partial charge in [-0.3, -0.25) is 0 Å². The van der Waals surface area contributed by atoms with Crippen molar-refractivity contribution in [3.05, 3.63) is 34.9 Å². The fourth-order valence-electron chi connectivity index (χ4n) is 2.40. The average Bonchev–Trinajstić information content (AvgIpc) is 2.92. The van der Waals surface area contributed by atoms with E-state index in [4.69, 9.17) is 0 Å². The van der Waals surface area contributed by atoms with Gasteiger partial charge in [0.2, 0.25) is 5.95 Å². The lowest BCUT2D eigenvalue weighted by Crippen LogP contribution is -2.16. The molecule has 0 bridgehead atoms. The van der Waals surface area contributed by atoms with Crippen LogP contribution < -0.4 is 10.6 Å². The van der Waals surface area contributed by atoms with E-state index in [1.165, 1.54) is 25.7 Å². The molecule has 1 aromatic carbocycles. The molecule has 6 heteroatoms. The van der Waals surface area contributed by atoms with Gasteiger partial charge in [0.25, 0.3) is 0 Å². The summed E-state index contributed by atoms with van der Waals surface area (Å²) in [5, 5.41) is 14.6. The molecule has 5 nitrogen and oxygen atoms in total. The van der Waals surface area contributed by atoms with E-state index < -0.39 is 0 Å². The molecule has 2 N–H and O–H groups in total. The van der Waals surface area contributed by atoms with Crippen LogP contribution >= 0.6 is 15.9 Å². The number of rotatable bonds is 4. The molecule has 104 valence electrons. The lowest BCUT2D eigenvalue weighted by molar-refractivity contribution is 0.747. The summed E-state index contributed by atoms with van der Waals surface area (Å²) in [7, 11) is 0. The first-order valence-corrected chi connectivity index (χ1v) is 7.58. The number of hydrogen-bond acceptors (Lipinski definition) is 5. The van der Waals surface area contributed by atoms with Crippen LogP contribution in [0.4, 0.5) is 17.5 Å². The third kappa shape index (κ3) is 3.45. The second kappa shape index (κ2) is 6.17. The standard InChI is InChI=1S/C14H16BrN5/c15-10-4-3-7-12(8-10)18-14-19-13(9-16-20-14)17-11-5-1-2-6-11/h3-4,7-9,11H,1-2,5-6H2,(H2,17,18,19,20). The van der Waals surface area contributed by atoms with Crippen molar-refractivity contribution in [3.8, 4) is 0 Å². The molecule has 1 aromatic heterocycles. The Kier molecular flexibility index (Phi) is 4.11. The highest BCUT2D eigenvalue weighted by Gasteiger charge is 2.15. The van der Waals surface area contributed by atoms with Crippen LogP contribution in [0.5, 0.6) is 0 Å². The van der Waals surface area contributed by atoms with Crippen LogP contribution in [0.1, 0.15) is 25.7 Å². The number of nitrogens with zero attached hydrogens (tertiary/aromatic N) is 3. The van der Waals surface area contributed by atoms with Crippen molar-refractivity contribution in [2.24, 2.45) is 0 Å². The van der Waals surface area contributed by atoms with Gasteiger partial charge in [0, 0.05) is 16.2 Å². The van der Waals surface area contributed by atoms with Crippen molar-refractivity contribution >= 4 is 33.4 Å². The van der Waals surface area contributed by atoms with E-state index in [0.717, 1.165) is 16.0 Å². The summed E-state index contributed by atoms with van der Waals surface area (Å²) in [6.45, 7) is 0. The summed E-state index contributed by atoms with van der Waals surface area (Å²) in [5.41, 5.74) is 0.930. The maximum atomic E-state index is 4.45. The number of anilines is 3. The molecule has 0 radical (unpaired) electrons. The Labute approximate surface area is 126 Å². The highest BCUT2D eigenvalue weighted by Crippen LogP contribution is 2.22. The predicted molar refractivity (Wildman–Crippen MR) is 83.1 cm³/mol. The van der Waals surface area contributed by atoms with Crippen LogP contribution in [-0.2, 0) is 0 Å². The van der Waals surface area contributed by atoms with Gasteiger partial charge in [-0.05, 0) is 31.0 Å². The van der Waals surface area contributed by atoms with Gasteiger partial charge in [-0.2, -0.15) is 10.1 Å². The van der Waals surface area contributed by atoms with E-state index in [0.29, 0.717) is 12.0 Å². The smallest absolute Gasteiger partial charge is 0.249 e. The van der Waals surface area contributed by atoms with Crippen molar-refractivity contribution in [1.82, 2.24) is 15.2 Å². The van der Waals surface area contributed by atoms with Gasteiger partial charge in [-0.1, -0.05) is 34.8 Å². The molecule has 0 saturated heterocycles. The van der Waals surface area contributed by atoms with Crippen LogP contribution in [0, 0.1) is 0 Å². The minimum atomic E-state index is 0.506. The van der Waals surface area contributed by atoms with E-state index in [2.05, 4.69) is 41.7 Å². The predicted octanol–water partition coefficient (Wildman–Crippen LogP) is 3.73. The van der Waals surface area contributed by atoms with E-state index in [9.17, 15) is 0 Å².